The summed E-state index contributed by atoms with van der Waals surface area (Å²) >= 11 is 0. The topological polar surface area (TPSA) is 69.6 Å². The van der Waals surface area contributed by atoms with E-state index in [9.17, 15) is 9.59 Å². The van der Waals surface area contributed by atoms with Crippen molar-refractivity contribution in [1.29, 1.82) is 0 Å². The van der Waals surface area contributed by atoms with Gasteiger partial charge in [0, 0.05) is 37.7 Å². The molecule has 0 spiro atoms. The Labute approximate surface area is 143 Å². The Balaban J connectivity index is 2.05. The summed E-state index contributed by atoms with van der Waals surface area (Å²) in [5.74, 6) is -0.530. The molecule has 1 amide bonds. The van der Waals surface area contributed by atoms with Crippen LogP contribution in [-0.2, 0) is 20.8 Å². The van der Waals surface area contributed by atoms with Crippen LogP contribution in [0.1, 0.15) is 41.5 Å². The van der Waals surface area contributed by atoms with Crippen molar-refractivity contribution in [3.05, 3.63) is 23.0 Å². The molecular formula is C18H28N2O4. The van der Waals surface area contributed by atoms with Gasteiger partial charge in [-0.3, -0.25) is 9.59 Å². The Morgan fingerprint density at radius 3 is 2.58 bits per heavy atom. The lowest BCUT2D eigenvalue weighted by Gasteiger charge is -2.28. The zero-order valence-electron chi connectivity index (χ0n) is 15.1. The van der Waals surface area contributed by atoms with Crippen LogP contribution in [0.3, 0.4) is 0 Å². The number of rotatable bonds is 6. The van der Waals surface area contributed by atoms with Crippen molar-refractivity contribution in [1.82, 2.24) is 9.88 Å². The van der Waals surface area contributed by atoms with Crippen molar-refractivity contribution in [2.24, 2.45) is 11.8 Å². The van der Waals surface area contributed by atoms with Gasteiger partial charge in [-0.15, -0.1) is 0 Å². The minimum absolute atomic E-state index is 0.135. The first-order valence-electron chi connectivity index (χ1n) is 8.60. The number of hydrogen-bond acceptors (Lipinski definition) is 4. The van der Waals surface area contributed by atoms with Crippen LogP contribution < -0.4 is 5.32 Å². The third-order valence-electron chi connectivity index (χ3n) is 4.96. The molecule has 1 aliphatic heterocycles. The van der Waals surface area contributed by atoms with E-state index in [0.29, 0.717) is 25.3 Å². The molecule has 1 aromatic heterocycles. The smallest absolute Gasteiger partial charge is 0.310 e. The van der Waals surface area contributed by atoms with Crippen molar-refractivity contribution in [2.75, 3.05) is 26.9 Å². The first-order chi connectivity index (χ1) is 11.5. The largest absolute Gasteiger partial charge is 0.469 e. The Morgan fingerprint density at radius 1 is 1.38 bits per heavy atom. The molecule has 1 aliphatic rings. The monoisotopic (exact) mass is 336 g/mol. The van der Waals surface area contributed by atoms with Gasteiger partial charge in [-0.2, -0.15) is 0 Å². The lowest BCUT2D eigenvalue weighted by Crippen LogP contribution is -2.39. The summed E-state index contributed by atoms with van der Waals surface area (Å²) < 4.78 is 12.4. The molecule has 2 heterocycles. The van der Waals surface area contributed by atoms with E-state index in [4.69, 9.17) is 9.47 Å². The molecule has 1 saturated heterocycles. The van der Waals surface area contributed by atoms with Gasteiger partial charge in [-0.1, -0.05) is 0 Å². The molecule has 0 radical (unpaired) electrons. The molecule has 6 heteroatoms. The highest BCUT2D eigenvalue weighted by Crippen LogP contribution is 2.25. The lowest BCUT2D eigenvalue weighted by molar-refractivity contribution is -0.148. The van der Waals surface area contributed by atoms with E-state index in [1.165, 1.54) is 7.11 Å². The average molecular weight is 336 g/mol. The molecule has 0 aromatic carbocycles. The van der Waals surface area contributed by atoms with Crippen molar-refractivity contribution >= 4 is 11.9 Å². The summed E-state index contributed by atoms with van der Waals surface area (Å²) in [6.07, 6.45) is 1.64. The molecule has 6 nitrogen and oxygen atoms in total. The van der Waals surface area contributed by atoms with E-state index < -0.39 is 0 Å². The van der Waals surface area contributed by atoms with Gasteiger partial charge in [-0.05, 0) is 45.6 Å². The van der Waals surface area contributed by atoms with Crippen molar-refractivity contribution in [2.45, 2.75) is 40.2 Å². The van der Waals surface area contributed by atoms with E-state index in [0.717, 1.165) is 30.8 Å². The van der Waals surface area contributed by atoms with Gasteiger partial charge in [0.15, 0.2) is 0 Å². The highest BCUT2D eigenvalue weighted by Gasteiger charge is 2.31. The molecule has 1 atom stereocenters. The first kappa shape index (κ1) is 18.5. The number of carbonyl (C=O) groups is 2. The number of hydrogen-bond donors (Lipinski definition) is 1. The maximum atomic E-state index is 12.5. The van der Waals surface area contributed by atoms with Gasteiger partial charge in [0.05, 0.1) is 18.6 Å². The molecule has 2 rings (SSSR count). The van der Waals surface area contributed by atoms with Crippen LogP contribution in [0.25, 0.3) is 0 Å². The fraction of sp³-hybridized carbons (Fsp3) is 0.667. The van der Waals surface area contributed by atoms with Crippen LogP contribution in [0.4, 0.5) is 0 Å². The second kappa shape index (κ2) is 8.33. The normalized spacial score (nSPS) is 16.7. The molecule has 1 N–H and O–H groups in total. The summed E-state index contributed by atoms with van der Waals surface area (Å²) in [4.78, 5) is 24.7. The minimum atomic E-state index is -0.322. The molecule has 0 aliphatic carbocycles. The number of esters is 1. The number of amides is 1. The second-order valence-electron chi connectivity index (χ2n) is 6.32. The fourth-order valence-corrected chi connectivity index (χ4v) is 3.53. The molecule has 1 unspecified atom stereocenters. The summed E-state index contributed by atoms with van der Waals surface area (Å²) in [5.41, 5.74) is 2.69. The zero-order valence-corrected chi connectivity index (χ0v) is 15.1. The molecule has 0 bridgehead atoms. The summed E-state index contributed by atoms with van der Waals surface area (Å²) in [6.45, 7) is 8.44. The van der Waals surface area contributed by atoms with Crippen LogP contribution >= 0.6 is 0 Å². The third-order valence-corrected chi connectivity index (χ3v) is 4.96. The Hall–Kier alpha value is -1.82. The number of methoxy groups -OCH3 is 1. The van der Waals surface area contributed by atoms with Crippen molar-refractivity contribution in [3.8, 4) is 0 Å². The molecule has 1 aromatic rings. The van der Waals surface area contributed by atoms with Crippen LogP contribution in [0.2, 0.25) is 0 Å². The first-order valence-corrected chi connectivity index (χ1v) is 8.60. The summed E-state index contributed by atoms with van der Waals surface area (Å²) in [7, 11) is 1.39. The van der Waals surface area contributed by atoms with E-state index in [1.807, 2.05) is 19.9 Å². The van der Waals surface area contributed by atoms with Gasteiger partial charge in [-0.25, -0.2) is 0 Å². The van der Waals surface area contributed by atoms with Gasteiger partial charge in [0.2, 0.25) is 0 Å². The predicted octanol–water partition coefficient (Wildman–Crippen LogP) is 2.07. The van der Waals surface area contributed by atoms with E-state index in [2.05, 4.69) is 16.8 Å². The minimum Gasteiger partial charge on any atom is -0.469 e. The van der Waals surface area contributed by atoms with Crippen molar-refractivity contribution in [3.63, 3.8) is 0 Å². The number of nitrogens with one attached hydrogen (secondary N) is 1. The molecule has 24 heavy (non-hydrogen) atoms. The standard InChI is InChI=1S/C18H28N2O4/c1-5-20-12(2)10-15(13(20)3)17(21)19-11-16(18(22)23-4)14-6-8-24-9-7-14/h10,14,16H,5-9,11H2,1-4H3,(H,19,21). The number of carbonyl (C=O) groups excluding carboxylic acids is 2. The van der Waals surface area contributed by atoms with Crippen LogP contribution in [-0.4, -0.2) is 43.3 Å². The van der Waals surface area contributed by atoms with Crippen LogP contribution in [0, 0.1) is 25.7 Å². The van der Waals surface area contributed by atoms with Crippen LogP contribution in [0.15, 0.2) is 6.07 Å². The molecule has 1 fully saturated rings. The Kier molecular flexibility index (Phi) is 6.43. The number of aryl methyl sites for hydroxylation is 1. The Bertz CT molecular complexity index is 588. The number of aromatic nitrogens is 1. The van der Waals surface area contributed by atoms with Gasteiger partial charge in [0.1, 0.15) is 0 Å². The molecular weight excluding hydrogens is 308 g/mol. The predicted molar refractivity (Wildman–Crippen MR) is 91.0 cm³/mol. The highest BCUT2D eigenvalue weighted by molar-refractivity contribution is 5.96. The molecule has 0 saturated carbocycles. The van der Waals surface area contributed by atoms with E-state index >= 15 is 0 Å². The van der Waals surface area contributed by atoms with Gasteiger partial charge < -0.3 is 19.4 Å². The third kappa shape index (κ3) is 3.98. The SMILES string of the molecule is CCn1c(C)cc(C(=O)NCC(C(=O)OC)C2CCOCC2)c1C. The number of ether oxygens (including phenoxy) is 2. The molecule has 134 valence electrons. The van der Waals surface area contributed by atoms with Crippen LogP contribution in [0.5, 0.6) is 0 Å². The maximum absolute atomic E-state index is 12.5. The average Bonchev–Trinajstić information content (AvgIpc) is 2.89. The van der Waals surface area contributed by atoms with E-state index in [1.54, 1.807) is 0 Å². The Morgan fingerprint density at radius 2 is 2.04 bits per heavy atom. The van der Waals surface area contributed by atoms with E-state index in [-0.39, 0.29) is 23.7 Å². The van der Waals surface area contributed by atoms with Gasteiger partial charge >= 0.3 is 5.97 Å². The zero-order chi connectivity index (χ0) is 17.7. The summed E-state index contributed by atoms with van der Waals surface area (Å²) in [6, 6.07) is 1.90. The lowest BCUT2D eigenvalue weighted by atomic mass is 9.86. The highest BCUT2D eigenvalue weighted by atomic mass is 16.5. The van der Waals surface area contributed by atoms with Gasteiger partial charge in [0.25, 0.3) is 5.91 Å². The quantitative estimate of drug-likeness (QED) is 0.808. The maximum Gasteiger partial charge on any atom is 0.310 e. The fourth-order valence-electron chi connectivity index (χ4n) is 3.53. The van der Waals surface area contributed by atoms with Crippen molar-refractivity contribution < 1.29 is 19.1 Å². The summed E-state index contributed by atoms with van der Waals surface area (Å²) in [5, 5.41) is 2.92. The number of nitrogens with zero attached hydrogens (tertiary/aromatic N) is 1. The second-order valence-corrected chi connectivity index (χ2v) is 6.32.